The Bertz CT molecular complexity index is 497. The molecule has 1 rings (SSSR count). The molecule has 1 heterocycles. The number of hydrogen-bond acceptors (Lipinski definition) is 6. The number of aliphatic hydroxyl groups excluding tert-OH is 1. The second-order valence-electron chi connectivity index (χ2n) is 5.88. The Hall–Kier alpha value is 1.37. The van der Waals surface area contributed by atoms with Gasteiger partial charge in [0.1, 0.15) is 0 Å². The van der Waals surface area contributed by atoms with Gasteiger partial charge in [0, 0.05) is 37.3 Å². The summed E-state index contributed by atoms with van der Waals surface area (Å²) in [6.07, 6.45) is -1.71. The monoisotopic (exact) mass is 634 g/mol. The van der Waals surface area contributed by atoms with Crippen LogP contribution in [0.2, 0.25) is 0 Å². The van der Waals surface area contributed by atoms with Crippen LogP contribution in [-0.4, -0.2) is 50.0 Å². The molecule has 0 aromatic heterocycles. The Morgan fingerprint density at radius 2 is 0.935 bits per heavy atom. The fourth-order valence-electron chi connectivity index (χ4n) is 2.58. The molecule has 0 fully saturated rings. The minimum atomic E-state index is -1.92. The molecule has 0 aliphatic carbocycles. The maximum absolute atomic E-state index is 9.57. The molecule has 1 aliphatic heterocycles. The first-order valence-corrected chi connectivity index (χ1v) is 21.4. The van der Waals surface area contributed by atoms with Crippen LogP contribution in [0.1, 0.15) is 55.4 Å². The Morgan fingerprint density at radius 1 is 0.774 bits per heavy atom. The summed E-state index contributed by atoms with van der Waals surface area (Å²) < 4.78 is 0. The predicted molar refractivity (Wildman–Crippen MR) is 126 cm³/mol. The van der Waals surface area contributed by atoms with E-state index in [4.69, 9.17) is 66.4 Å². The number of nitrogens with zero attached hydrogens (tertiary/aromatic N) is 4. The molecule has 1 aliphatic rings. The van der Waals surface area contributed by atoms with Gasteiger partial charge >= 0.3 is 85.2 Å². The van der Waals surface area contributed by atoms with Crippen molar-refractivity contribution < 1.29 is 45.1 Å². The van der Waals surface area contributed by atoms with Crippen molar-refractivity contribution in [2.24, 2.45) is 0 Å². The fraction of sp³-hybridized carbons (Fsp3) is 0.750. The van der Waals surface area contributed by atoms with Crippen molar-refractivity contribution in [3.05, 3.63) is 11.4 Å². The topological polar surface area (TPSA) is 126 Å². The van der Waals surface area contributed by atoms with Gasteiger partial charge in [-0.2, -0.15) is 10.5 Å². The van der Waals surface area contributed by atoms with Crippen LogP contribution in [0.3, 0.4) is 0 Å². The van der Waals surface area contributed by atoms with E-state index in [0.29, 0.717) is 0 Å². The SMILES string of the molecule is CC#N.CC#N.CC1=C(C)N(C(C)C)C(C(O)O)N1C(C)C.O.[Cl][Ti]([Cl])[Cl].[Cl][Ti]([Cl])[Cl]. The fourth-order valence-corrected chi connectivity index (χ4v) is 2.58. The molecule has 0 unspecified atom stereocenters. The number of hydrogen-bond donors (Lipinski definition) is 2. The van der Waals surface area contributed by atoms with Crippen molar-refractivity contribution in [3.63, 3.8) is 0 Å². The standard InChI is InChI=1S/C12H24N2O2.2C2H3N.6ClH.H2O.2Ti/c1-7(2)13-9(5)10(6)14(8(3)4)11(13)12(15)16;2*1-2-3;;;;;;;;;/h7-8,11-12,15-16H,1-6H3;2*1H3;6*1H;1H2;;/q;;;;;;;;;;2*+3/p-6. The molecular formula is C16H32Cl6N4O3Ti2. The van der Waals surface area contributed by atoms with Crippen molar-refractivity contribution >= 4 is 55.8 Å². The molecule has 0 saturated carbocycles. The summed E-state index contributed by atoms with van der Waals surface area (Å²) in [5.41, 5.74) is 2.25. The first kappa shape index (κ1) is 42.5. The van der Waals surface area contributed by atoms with Crippen LogP contribution >= 0.6 is 55.8 Å². The molecule has 184 valence electrons. The summed E-state index contributed by atoms with van der Waals surface area (Å²) in [5, 5.41) is 33.8. The average molecular weight is 637 g/mol. The Balaban J connectivity index is -0.000000124. The zero-order chi connectivity index (χ0) is 25.2. The van der Waals surface area contributed by atoms with Gasteiger partial charge in [-0.3, -0.25) is 0 Å². The van der Waals surface area contributed by atoms with Crippen molar-refractivity contribution in [3.8, 4) is 12.1 Å². The van der Waals surface area contributed by atoms with E-state index in [1.54, 1.807) is 12.1 Å². The number of rotatable bonds is 3. The number of allylic oxidation sites excluding steroid dienone is 2. The summed E-state index contributed by atoms with van der Waals surface area (Å²) >= 11 is -3.83. The Morgan fingerprint density at radius 3 is 1.03 bits per heavy atom. The van der Waals surface area contributed by atoms with E-state index >= 15 is 0 Å². The van der Waals surface area contributed by atoms with Crippen LogP contribution in [0.4, 0.5) is 0 Å². The minimum absolute atomic E-state index is 0. The third-order valence-electron chi connectivity index (χ3n) is 3.25. The van der Waals surface area contributed by atoms with E-state index in [1.807, 2.05) is 13.8 Å². The second-order valence-corrected chi connectivity index (χ2v) is 21.4. The van der Waals surface area contributed by atoms with E-state index in [0.717, 1.165) is 11.4 Å². The molecule has 7 nitrogen and oxygen atoms in total. The van der Waals surface area contributed by atoms with Gasteiger partial charge in [-0.05, 0) is 41.5 Å². The van der Waals surface area contributed by atoms with Gasteiger partial charge in [0.15, 0.2) is 12.5 Å². The molecule has 0 aromatic carbocycles. The molecule has 0 spiro atoms. The van der Waals surface area contributed by atoms with Crippen LogP contribution in [-0.2, 0) is 29.4 Å². The zero-order valence-corrected chi connectivity index (χ0v) is 26.4. The van der Waals surface area contributed by atoms with Crippen molar-refractivity contribution in [1.29, 1.82) is 10.5 Å². The third kappa shape index (κ3) is 24.3. The summed E-state index contributed by atoms with van der Waals surface area (Å²) in [6.45, 7) is 15.2. The molecular weight excluding hydrogens is 605 g/mol. The molecule has 0 atom stereocenters. The summed E-state index contributed by atoms with van der Waals surface area (Å²) in [6, 6.07) is 4.01. The van der Waals surface area contributed by atoms with Crippen LogP contribution in [0.25, 0.3) is 0 Å². The Kier molecular flexibility index (Phi) is 35.6. The number of aliphatic hydroxyl groups is 2. The van der Waals surface area contributed by atoms with Crippen molar-refractivity contribution in [2.75, 3.05) is 0 Å². The third-order valence-corrected chi connectivity index (χ3v) is 3.25. The summed E-state index contributed by atoms with van der Waals surface area (Å²) in [7, 11) is 29.8. The maximum atomic E-state index is 9.57. The van der Waals surface area contributed by atoms with E-state index in [-0.39, 0.29) is 23.7 Å². The molecule has 0 amide bonds. The second kappa shape index (κ2) is 26.0. The van der Waals surface area contributed by atoms with Crippen molar-refractivity contribution in [2.45, 2.75) is 79.9 Å². The molecule has 31 heavy (non-hydrogen) atoms. The van der Waals surface area contributed by atoms with E-state index in [1.165, 1.54) is 13.8 Å². The molecule has 15 heteroatoms. The van der Waals surface area contributed by atoms with Crippen LogP contribution in [0.5, 0.6) is 0 Å². The molecule has 0 radical (unpaired) electrons. The number of halogens is 6. The van der Waals surface area contributed by atoms with Crippen LogP contribution in [0, 0.1) is 22.7 Å². The summed E-state index contributed by atoms with van der Waals surface area (Å²) in [4.78, 5) is 4.14. The van der Waals surface area contributed by atoms with Crippen molar-refractivity contribution in [1.82, 2.24) is 9.80 Å². The molecule has 4 N–H and O–H groups in total. The van der Waals surface area contributed by atoms with E-state index in [2.05, 4.69) is 37.5 Å². The van der Waals surface area contributed by atoms with Crippen LogP contribution < -0.4 is 0 Å². The normalized spacial score (nSPS) is 12.0. The average Bonchev–Trinajstić information content (AvgIpc) is 2.80. The van der Waals surface area contributed by atoms with Crippen LogP contribution in [0.15, 0.2) is 11.4 Å². The molecule has 0 saturated heterocycles. The number of nitriles is 2. The molecule has 0 bridgehead atoms. The molecule has 0 aromatic rings. The first-order valence-electron chi connectivity index (χ1n) is 8.47. The quantitative estimate of drug-likeness (QED) is 0.304. The van der Waals surface area contributed by atoms with Gasteiger partial charge in [0.2, 0.25) is 0 Å². The predicted octanol–water partition coefficient (Wildman–Crippen LogP) is 5.68. The van der Waals surface area contributed by atoms with E-state index < -0.39 is 35.7 Å². The van der Waals surface area contributed by atoms with Gasteiger partial charge in [0.25, 0.3) is 0 Å². The van der Waals surface area contributed by atoms with Gasteiger partial charge in [-0.25, -0.2) is 0 Å². The van der Waals surface area contributed by atoms with Gasteiger partial charge in [-0.15, -0.1) is 0 Å². The first-order chi connectivity index (χ1) is 13.6. The Labute approximate surface area is 222 Å². The summed E-state index contributed by atoms with van der Waals surface area (Å²) in [5.74, 6) is 0. The van der Waals surface area contributed by atoms with E-state index in [9.17, 15) is 10.2 Å². The van der Waals surface area contributed by atoms with Gasteiger partial charge in [0.05, 0.1) is 12.1 Å². The van der Waals surface area contributed by atoms with Gasteiger partial charge in [-0.1, -0.05) is 0 Å². The van der Waals surface area contributed by atoms with Gasteiger partial charge < -0.3 is 25.5 Å². The zero-order valence-electron chi connectivity index (χ0n) is 18.8.